The van der Waals surface area contributed by atoms with Gasteiger partial charge in [-0.25, -0.2) is 4.45 Å². The quantitative estimate of drug-likeness (QED) is 0.336. The average Bonchev–Trinajstić information content (AvgIpc) is 2.58. The Hall–Kier alpha value is -0.270. The first kappa shape index (κ1) is 11.2. The SMILES string of the molecule is O=[N+]([O-])c1cc2cnn(PI)c2cc1Br. The lowest BCUT2D eigenvalue weighted by Crippen LogP contribution is -1.89. The second-order valence-electron chi connectivity index (χ2n) is 2.76. The molecule has 0 bridgehead atoms. The summed E-state index contributed by atoms with van der Waals surface area (Å²) in [5.41, 5.74) is 0.971. The highest BCUT2D eigenvalue weighted by atomic mass is 127. The minimum Gasteiger partial charge on any atom is -0.258 e. The van der Waals surface area contributed by atoms with Crippen molar-refractivity contribution in [3.63, 3.8) is 0 Å². The standard InChI is InChI=1S/C7H4BrIN3O2P/c8-5-2-6-4(1-7(5)12(13)14)3-10-11(6)15-9/h1-3,15H. The van der Waals surface area contributed by atoms with E-state index in [1.807, 2.05) is 4.45 Å². The topological polar surface area (TPSA) is 61.0 Å². The average molecular weight is 400 g/mol. The van der Waals surface area contributed by atoms with Crippen LogP contribution < -0.4 is 0 Å². The normalized spacial score (nSPS) is 11.6. The molecule has 0 saturated heterocycles. The van der Waals surface area contributed by atoms with Gasteiger partial charge in [0.15, 0.2) is 0 Å². The van der Waals surface area contributed by atoms with E-state index in [2.05, 4.69) is 43.1 Å². The summed E-state index contributed by atoms with van der Waals surface area (Å²) < 4.78 is 2.29. The van der Waals surface area contributed by atoms with Gasteiger partial charge < -0.3 is 0 Å². The number of nitro groups is 1. The van der Waals surface area contributed by atoms with Gasteiger partial charge in [-0.2, -0.15) is 5.10 Å². The zero-order chi connectivity index (χ0) is 11.0. The van der Waals surface area contributed by atoms with Crippen molar-refractivity contribution in [3.05, 3.63) is 32.9 Å². The van der Waals surface area contributed by atoms with Gasteiger partial charge in [0.2, 0.25) is 0 Å². The summed E-state index contributed by atoms with van der Waals surface area (Å²) in [6.07, 6.45) is 2.12. The molecule has 1 unspecified atom stereocenters. The Balaban J connectivity index is 2.72. The van der Waals surface area contributed by atoms with Crippen LogP contribution >= 0.6 is 44.3 Å². The number of fused-ring (bicyclic) bond motifs is 1. The number of hydrogen-bond acceptors (Lipinski definition) is 3. The molecular formula is C7H4BrIN3O2P. The van der Waals surface area contributed by atoms with Crippen LogP contribution in [-0.2, 0) is 0 Å². The van der Waals surface area contributed by atoms with E-state index >= 15 is 0 Å². The molecule has 1 aromatic carbocycles. The van der Waals surface area contributed by atoms with Crippen LogP contribution in [0.5, 0.6) is 0 Å². The number of benzene rings is 1. The largest absolute Gasteiger partial charge is 0.284 e. The lowest BCUT2D eigenvalue weighted by atomic mass is 10.2. The molecule has 1 heterocycles. The molecule has 0 amide bonds. The fraction of sp³-hybridized carbons (Fsp3) is 0. The number of rotatable bonds is 2. The summed E-state index contributed by atoms with van der Waals surface area (Å²) in [5.74, 6) is 0. The molecular weight excluding hydrogens is 396 g/mol. The van der Waals surface area contributed by atoms with Crippen molar-refractivity contribution in [2.24, 2.45) is 0 Å². The minimum absolute atomic E-state index is 0.0684. The van der Waals surface area contributed by atoms with E-state index in [0.717, 1.165) is 10.9 Å². The molecule has 15 heavy (non-hydrogen) atoms. The second-order valence-corrected chi connectivity index (χ2v) is 5.65. The van der Waals surface area contributed by atoms with Crippen LogP contribution in [0.1, 0.15) is 0 Å². The number of halogens is 2. The molecule has 5 nitrogen and oxygen atoms in total. The maximum Gasteiger partial charge on any atom is 0.284 e. The van der Waals surface area contributed by atoms with Crippen LogP contribution in [0.25, 0.3) is 10.9 Å². The minimum atomic E-state index is -0.410. The molecule has 0 aliphatic heterocycles. The van der Waals surface area contributed by atoms with Crippen molar-refractivity contribution < 1.29 is 4.92 Å². The van der Waals surface area contributed by atoms with Crippen molar-refractivity contribution in [2.75, 3.05) is 0 Å². The van der Waals surface area contributed by atoms with Gasteiger partial charge in [0, 0.05) is 11.5 Å². The van der Waals surface area contributed by atoms with Crippen LogP contribution in [0.4, 0.5) is 5.69 Å². The lowest BCUT2D eigenvalue weighted by molar-refractivity contribution is -0.385. The van der Waals surface area contributed by atoms with Crippen molar-refractivity contribution in [2.45, 2.75) is 0 Å². The van der Waals surface area contributed by atoms with Gasteiger partial charge in [0.25, 0.3) is 5.69 Å². The van der Waals surface area contributed by atoms with Crippen LogP contribution in [0.3, 0.4) is 0 Å². The number of nitrogens with zero attached hydrogens (tertiary/aromatic N) is 3. The van der Waals surface area contributed by atoms with Gasteiger partial charge in [-0.3, -0.25) is 10.1 Å². The summed E-state index contributed by atoms with van der Waals surface area (Å²) in [7, 11) is 0. The van der Waals surface area contributed by atoms with Crippen molar-refractivity contribution in [1.82, 2.24) is 9.55 Å². The molecule has 0 aliphatic rings. The summed E-state index contributed by atoms with van der Waals surface area (Å²) in [4.78, 5) is 10.3. The zero-order valence-electron chi connectivity index (χ0n) is 7.15. The van der Waals surface area contributed by atoms with Gasteiger partial charge in [-0.1, -0.05) is 0 Å². The number of aromatic nitrogens is 2. The maximum absolute atomic E-state index is 10.7. The zero-order valence-corrected chi connectivity index (χ0v) is 11.9. The molecule has 0 N–H and O–H groups in total. The van der Waals surface area contributed by atoms with Crippen LogP contribution in [0.15, 0.2) is 22.8 Å². The number of nitro benzene ring substituents is 1. The fourth-order valence-corrected chi connectivity index (χ4v) is 3.26. The van der Waals surface area contributed by atoms with Crippen LogP contribution in [0.2, 0.25) is 0 Å². The van der Waals surface area contributed by atoms with E-state index in [-0.39, 0.29) is 5.69 Å². The highest BCUT2D eigenvalue weighted by Gasteiger charge is 2.15. The Morgan fingerprint density at radius 2 is 2.33 bits per heavy atom. The molecule has 0 aliphatic carbocycles. The third-order valence-electron chi connectivity index (χ3n) is 1.91. The molecule has 2 aromatic rings. The molecule has 0 saturated carbocycles. The molecule has 78 valence electrons. The fourth-order valence-electron chi connectivity index (χ4n) is 1.24. The first-order valence-corrected chi connectivity index (χ1v) is 8.67. The predicted molar refractivity (Wildman–Crippen MR) is 71.8 cm³/mol. The van der Waals surface area contributed by atoms with Gasteiger partial charge in [0.05, 0.1) is 27.5 Å². The summed E-state index contributed by atoms with van der Waals surface area (Å²) >= 11 is 5.39. The smallest absolute Gasteiger partial charge is 0.258 e. The van der Waals surface area contributed by atoms with Crippen LogP contribution in [0, 0.1) is 10.1 Å². The Morgan fingerprint density at radius 3 is 2.93 bits per heavy atom. The summed E-state index contributed by atoms with van der Waals surface area (Å²) in [6, 6.07) is 3.26. The van der Waals surface area contributed by atoms with Gasteiger partial charge in [0.1, 0.15) is 0 Å². The third-order valence-corrected chi connectivity index (χ3v) is 4.44. The monoisotopic (exact) mass is 399 g/mol. The van der Waals surface area contributed by atoms with Crippen molar-refractivity contribution in [1.29, 1.82) is 0 Å². The highest BCUT2D eigenvalue weighted by molar-refractivity contribution is 14.2. The molecule has 1 atom stereocenters. The van der Waals surface area contributed by atoms with E-state index in [1.54, 1.807) is 12.3 Å². The molecule has 0 spiro atoms. The Kier molecular flexibility index (Phi) is 3.22. The lowest BCUT2D eigenvalue weighted by Gasteiger charge is -1.98. The maximum atomic E-state index is 10.7. The number of hydrogen-bond donors (Lipinski definition) is 0. The van der Waals surface area contributed by atoms with Crippen LogP contribution in [-0.4, -0.2) is 14.5 Å². The van der Waals surface area contributed by atoms with E-state index in [0.29, 0.717) is 10.8 Å². The second kappa shape index (κ2) is 4.31. The first-order valence-electron chi connectivity index (χ1n) is 3.82. The first-order chi connectivity index (χ1) is 7.13. The molecule has 0 fully saturated rings. The van der Waals surface area contributed by atoms with Gasteiger partial charge >= 0.3 is 0 Å². The Morgan fingerprint density at radius 1 is 1.60 bits per heavy atom. The Bertz CT molecular complexity index is 544. The Labute approximate surface area is 108 Å². The molecule has 0 radical (unpaired) electrons. The van der Waals surface area contributed by atoms with Gasteiger partial charge in [-0.15, -0.1) is 0 Å². The highest BCUT2D eigenvalue weighted by Crippen LogP contribution is 2.34. The van der Waals surface area contributed by atoms with E-state index in [4.69, 9.17) is 0 Å². The van der Waals surface area contributed by atoms with E-state index in [9.17, 15) is 10.1 Å². The third kappa shape index (κ3) is 2.00. The van der Waals surface area contributed by atoms with Crippen molar-refractivity contribution in [3.8, 4) is 0 Å². The summed E-state index contributed by atoms with van der Waals surface area (Å²) in [5, 5.41) is 15.6. The van der Waals surface area contributed by atoms with Crippen molar-refractivity contribution >= 4 is 60.9 Å². The van der Waals surface area contributed by atoms with Gasteiger partial charge in [-0.05, 0) is 44.0 Å². The predicted octanol–water partition coefficient (Wildman–Crippen LogP) is 3.50. The molecule has 1 aromatic heterocycles. The molecule has 8 heteroatoms. The van der Waals surface area contributed by atoms with E-state index in [1.165, 1.54) is 6.07 Å². The molecule has 2 rings (SSSR count). The van der Waals surface area contributed by atoms with E-state index < -0.39 is 4.92 Å². The summed E-state index contributed by atoms with van der Waals surface area (Å²) in [6.45, 7) is 0.